The predicted molar refractivity (Wildman–Crippen MR) is 120 cm³/mol. The van der Waals surface area contributed by atoms with Crippen molar-refractivity contribution in [2.45, 2.75) is 19.4 Å². The highest BCUT2D eigenvalue weighted by molar-refractivity contribution is 5.54. The highest BCUT2D eigenvalue weighted by atomic mass is 19.1. The Morgan fingerprint density at radius 1 is 1.03 bits per heavy atom. The lowest BCUT2D eigenvalue weighted by atomic mass is 10.00. The summed E-state index contributed by atoms with van der Waals surface area (Å²) in [6.45, 7) is 2.56. The fraction of sp³-hybridized carbons (Fsp3) is 0.167. The van der Waals surface area contributed by atoms with E-state index < -0.39 is 0 Å². The molecule has 1 aliphatic heterocycles. The van der Waals surface area contributed by atoms with Gasteiger partial charge in [-0.15, -0.1) is 0 Å². The molecule has 4 aromatic heterocycles. The van der Waals surface area contributed by atoms with E-state index in [1.165, 1.54) is 6.07 Å². The maximum atomic E-state index is 14.5. The molecule has 0 saturated heterocycles. The number of ether oxygens (including phenoxy) is 1. The molecule has 1 N–H and O–H groups in total. The van der Waals surface area contributed by atoms with Crippen molar-refractivity contribution in [2.75, 3.05) is 11.4 Å². The second-order valence-corrected chi connectivity index (χ2v) is 7.94. The van der Waals surface area contributed by atoms with E-state index in [2.05, 4.69) is 19.9 Å². The summed E-state index contributed by atoms with van der Waals surface area (Å²) in [4.78, 5) is 18.9. The van der Waals surface area contributed by atoms with Crippen LogP contribution in [0.3, 0.4) is 0 Å². The number of rotatable bonds is 4. The monoisotopic (exact) mass is 441 g/mol. The van der Waals surface area contributed by atoms with E-state index in [0.717, 1.165) is 23.5 Å². The van der Waals surface area contributed by atoms with Crippen LogP contribution < -0.4 is 9.64 Å². The van der Waals surface area contributed by atoms with Gasteiger partial charge in [-0.3, -0.25) is 0 Å². The molecular weight excluding hydrogens is 421 g/mol. The van der Waals surface area contributed by atoms with Gasteiger partial charge in [-0.05, 0) is 37.3 Å². The quantitative estimate of drug-likeness (QED) is 0.449. The van der Waals surface area contributed by atoms with E-state index in [9.17, 15) is 4.39 Å². The number of para-hydroxylation sites is 1. The highest BCUT2D eigenvalue weighted by Crippen LogP contribution is 2.36. The van der Waals surface area contributed by atoms with E-state index >= 15 is 0 Å². The molecule has 33 heavy (non-hydrogen) atoms. The summed E-state index contributed by atoms with van der Waals surface area (Å²) >= 11 is 0. The van der Waals surface area contributed by atoms with Crippen LogP contribution in [0.15, 0.2) is 67.3 Å². The first-order chi connectivity index (χ1) is 16.2. The summed E-state index contributed by atoms with van der Waals surface area (Å²) in [7, 11) is 0. The first-order valence-electron chi connectivity index (χ1n) is 10.7. The first-order valence-corrected chi connectivity index (χ1v) is 10.7. The zero-order valence-electron chi connectivity index (χ0n) is 17.8. The van der Waals surface area contributed by atoms with Gasteiger partial charge >= 0.3 is 0 Å². The fourth-order valence-electron chi connectivity index (χ4n) is 4.25. The molecule has 0 fully saturated rings. The second-order valence-electron chi connectivity index (χ2n) is 7.94. The van der Waals surface area contributed by atoms with E-state index in [1.807, 2.05) is 42.2 Å². The summed E-state index contributed by atoms with van der Waals surface area (Å²) in [6.07, 6.45) is 5.75. The molecule has 5 heterocycles. The van der Waals surface area contributed by atoms with Crippen molar-refractivity contribution in [3.05, 3.63) is 95.8 Å². The number of halogens is 1. The number of aryl methyl sites for hydroxylation is 1. The lowest BCUT2D eigenvalue weighted by Crippen LogP contribution is -2.37. The molecule has 0 amide bonds. The molecule has 0 spiro atoms. The molecule has 164 valence electrons. The number of aromatic nitrogens is 6. The van der Waals surface area contributed by atoms with Crippen LogP contribution in [-0.4, -0.2) is 36.1 Å². The number of imidazole rings is 1. The SMILES string of the molecule is Cc1ccc(F)c2cc(C3c4nc[nH]c4CCN3c3ncc(Oc4ccccc4)cn3)nn12. The third-order valence-corrected chi connectivity index (χ3v) is 5.83. The Morgan fingerprint density at radius 3 is 2.64 bits per heavy atom. The van der Waals surface area contributed by atoms with Crippen molar-refractivity contribution in [2.24, 2.45) is 0 Å². The molecule has 9 heteroatoms. The van der Waals surface area contributed by atoms with Gasteiger partial charge in [0, 0.05) is 24.4 Å². The molecule has 0 bridgehead atoms. The number of H-pyrrole nitrogens is 1. The van der Waals surface area contributed by atoms with Crippen molar-refractivity contribution >= 4 is 11.5 Å². The number of aromatic amines is 1. The molecule has 6 rings (SSSR count). The van der Waals surface area contributed by atoms with Crippen LogP contribution in [0, 0.1) is 12.7 Å². The fourth-order valence-corrected chi connectivity index (χ4v) is 4.25. The van der Waals surface area contributed by atoms with Gasteiger partial charge in [0.25, 0.3) is 0 Å². The van der Waals surface area contributed by atoms with Crippen LogP contribution in [0.1, 0.15) is 28.8 Å². The Hall–Kier alpha value is -4.27. The van der Waals surface area contributed by atoms with E-state index in [-0.39, 0.29) is 11.9 Å². The van der Waals surface area contributed by atoms with Gasteiger partial charge in [0.1, 0.15) is 23.1 Å². The van der Waals surface area contributed by atoms with Gasteiger partial charge < -0.3 is 14.6 Å². The van der Waals surface area contributed by atoms with Crippen LogP contribution in [0.4, 0.5) is 10.3 Å². The van der Waals surface area contributed by atoms with E-state index in [0.29, 0.717) is 35.2 Å². The number of nitrogens with one attached hydrogen (secondary N) is 1. The van der Waals surface area contributed by atoms with Gasteiger partial charge in [0.15, 0.2) is 5.75 Å². The van der Waals surface area contributed by atoms with Crippen LogP contribution in [-0.2, 0) is 6.42 Å². The highest BCUT2D eigenvalue weighted by Gasteiger charge is 2.34. The third-order valence-electron chi connectivity index (χ3n) is 5.83. The Balaban J connectivity index is 1.39. The standard InChI is InChI=1S/C24H20FN7O/c1-15-7-8-18(25)21-11-20(30-32(15)21)23-22-19(28-14-29-22)9-10-31(23)24-26-12-17(13-27-24)33-16-5-3-2-4-6-16/h2-8,11-14,23H,9-10H2,1H3,(H,28,29). The van der Waals surface area contributed by atoms with E-state index in [4.69, 9.17) is 9.84 Å². The Kier molecular flexibility index (Phi) is 4.53. The topological polar surface area (TPSA) is 84.2 Å². The Bertz CT molecular complexity index is 1390. The number of anilines is 1. The number of nitrogens with zero attached hydrogens (tertiary/aromatic N) is 6. The van der Waals surface area contributed by atoms with Crippen molar-refractivity contribution in [3.63, 3.8) is 0 Å². The minimum Gasteiger partial charge on any atom is -0.454 e. The van der Waals surface area contributed by atoms with Crippen LogP contribution in [0.2, 0.25) is 0 Å². The third kappa shape index (κ3) is 3.38. The van der Waals surface area contributed by atoms with Crippen LogP contribution >= 0.6 is 0 Å². The molecule has 1 aromatic carbocycles. The molecule has 0 radical (unpaired) electrons. The minimum absolute atomic E-state index is 0.317. The van der Waals surface area contributed by atoms with E-state index in [1.54, 1.807) is 35.4 Å². The first kappa shape index (κ1) is 19.4. The second kappa shape index (κ2) is 7.70. The van der Waals surface area contributed by atoms with Gasteiger partial charge in [0.05, 0.1) is 30.1 Å². The van der Waals surface area contributed by atoms with Crippen molar-refractivity contribution in [3.8, 4) is 11.5 Å². The predicted octanol–water partition coefficient (Wildman–Crippen LogP) is 4.24. The lowest BCUT2D eigenvalue weighted by Gasteiger charge is -2.33. The summed E-state index contributed by atoms with van der Waals surface area (Å²) < 4.78 is 21.9. The van der Waals surface area contributed by atoms with Crippen molar-refractivity contribution in [1.29, 1.82) is 0 Å². The van der Waals surface area contributed by atoms with Gasteiger partial charge in [-0.2, -0.15) is 5.10 Å². The maximum Gasteiger partial charge on any atom is 0.226 e. The zero-order valence-corrected chi connectivity index (χ0v) is 17.8. The molecule has 0 aliphatic carbocycles. The Morgan fingerprint density at radius 2 is 1.85 bits per heavy atom. The summed E-state index contributed by atoms with van der Waals surface area (Å²) in [5, 5.41) is 4.73. The summed E-state index contributed by atoms with van der Waals surface area (Å²) in [5.41, 5.74) is 3.84. The molecular formula is C24H20FN7O. The van der Waals surface area contributed by atoms with Crippen molar-refractivity contribution in [1.82, 2.24) is 29.5 Å². The van der Waals surface area contributed by atoms with Gasteiger partial charge in [0.2, 0.25) is 5.95 Å². The molecule has 1 unspecified atom stereocenters. The normalized spacial score (nSPS) is 15.6. The number of benzene rings is 1. The summed E-state index contributed by atoms with van der Waals surface area (Å²) in [5.74, 6) is 1.48. The average Bonchev–Trinajstić information content (AvgIpc) is 3.50. The molecule has 8 nitrogen and oxygen atoms in total. The van der Waals surface area contributed by atoms with Crippen molar-refractivity contribution < 1.29 is 9.13 Å². The molecule has 5 aromatic rings. The molecule has 1 atom stereocenters. The van der Waals surface area contributed by atoms with Crippen LogP contribution in [0.25, 0.3) is 5.52 Å². The number of pyridine rings is 1. The minimum atomic E-state index is -0.348. The maximum absolute atomic E-state index is 14.5. The van der Waals surface area contributed by atoms with Gasteiger partial charge in [-0.1, -0.05) is 18.2 Å². The molecule has 1 aliphatic rings. The largest absolute Gasteiger partial charge is 0.454 e. The number of fused-ring (bicyclic) bond motifs is 2. The Labute approximate surface area is 188 Å². The zero-order chi connectivity index (χ0) is 22.4. The lowest BCUT2D eigenvalue weighted by molar-refractivity contribution is 0.476. The smallest absolute Gasteiger partial charge is 0.226 e. The molecule has 0 saturated carbocycles. The number of hydrogen-bond donors (Lipinski definition) is 1. The summed E-state index contributed by atoms with van der Waals surface area (Å²) in [6, 6.07) is 14.1. The average molecular weight is 441 g/mol. The van der Waals surface area contributed by atoms with Crippen LogP contribution in [0.5, 0.6) is 11.5 Å². The number of hydrogen-bond acceptors (Lipinski definition) is 6. The van der Waals surface area contributed by atoms with Gasteiger partial charge in [-0.25, -0.2) is 23.9 Å².